The van der Waals surface area contributed by atoms with Crippen LogP contribution in [0.25, 0.3) is 0 Å². The van der Waals surface area contributed by atoms with Gasteiger partial charge in [-0.25, -0.2) is 0 Å². The van der Waals surface area contributed by atoms with Crippen LogP contribution in [0.1, 0.15) is 52.4 Å². The Bertz CT molecular complexity index is 296. The Kier molecular flexibility index (Phi) is 2.60. The molecule has 0 unspecified atom stereocenters. The number of carbonyl (C=O) groups excluding carboxylic acids is 1. The Morgan fingerprint density at radius 3 is 2.44 bits per heavy atom. The van der Waals surface area contributed by atoms with Gasteiger partial charge in [-0.3, -0.25) is 4.79 Å². The molecule has 6 atom stereocenters. The van der Waals surface area contributed by atoms with Crippen molar-refractivity contribution in [1.82, 2.24) is 0 Å². The van der Waals surface area contributed by atoms with Crippen molar-refractivity contribution in [3.63, 3.8) is 0 Å². The average molecular weight is 220 g/mol. The summed E-state index contributed by atoms with van der Waals surface area (Å²) >= 11 is 0. The van der Waals surface area contributed by atoms with Crippen molar-refractivity contribution >= 4 is 5.78 Å². The molecule has 3 aliphatic rings. The first kappa shape index (κ1) is 10.8. The van der Waals surface area contributed by atoms with Gasteiger partial charge in [0.2, 0.25) is 0 Å². The molecule has 0 aromatic carbocycles. The highest BCUT2D eigenvalue weighted by Crippen LogP contribution is 2.54. The Morgan fingerprint density at radius 2 is 1.88 bits per heavy atom. The number of Topliss-reactive ketones (excluding diaryl/α,β-unsaturated/α-hetero) is 1. The van der Waals surface area contributed by atoms with E-state index in [1.807, 2.05) is 0 Å². The van der Waals surface area contributed by atoms with E-state index in [1.165, 1.54) is 32.1 Å². The van der Waals surface area contributed by atoms with Gasteiger partial charge in [0, 0.05) is 12.3 Å². The third-order valence-corrected chi connectivity index (χ3v) is 5.56. The summed E-state index contributed by atoms with van der Waals surface area (Å²) in [5.74, 6) is 4.99. The quantitative estimate of drug-likeness (QED) is 0.659. The molecule has 0 aliphatic heterocycles. The Labute approximate surface area is 99.0 Å². The van der Waals surface area contributed by atoms with Crippen LogP contribution < -0.4 is 0 Å². The van der Waals surface area contributed by atoms with Gasteiger partial charge >= 0.3 is 0 Å². The van der Waals surface area contributed by atoms with Gasteiger partial charge < -0.3 is 0 Å². The van der Waals surface area contributed by atoms with Crippen molar-refractivity contribution < 1.29 is 4.79 Å². The minimum Gasteiger partial charge on any atom is -0.299 e. The van der Waals surface area contributed by atoms with E-state index in [9.17, 15) is 4.79 Å². The molecule has 0 N–H and O–H groups in total. The molecule has 0 spiro atoms. The normalized spacial score (nSPS) is 52.2. The van der Waals surface area contributed by atoms with Crippen LogP contribution in [0.3, 0.4) is 0 Å². The predicted molar refractivity (Wildman–Crippen MR) is 65.0 cm³/mol. The molecule has 90 valence electrons. The minimum atomic E-state index is 0.437. The van der Waals surface area contributed by atoms with Gasteiger partial charge in [-0.2, -0.15) is 0 Å². The molecular weight excluding hydrogens is 196 g/mol. The summed E-state index contributed by atoms with van der Waals surface area (Å²) in [6, 6.07) is 0. The van der Waals surface area contributed by atoms with Gasteiger partial charge in [-0.1, -0.05) is 20.3 Å². The van der Waals surface area contributed by atoms with Crippen molar-refractivity contribution in [3.8, 4) is 0 Å². The van der Waals surface area contributed by atoms with E-state index in [2.05, 4.69) is 13.8 Å². The fourth-order valence-electron chi connectivity index (χ4n) is 5.06. The molecule has 0 aromatic rings. The van der Waals surface area contributed by atoms with Gasteiger partial charge in [0.05, 0.1) is 0 Å². The molecule has 0 saturated heterocycles. The van der Waals surface area contributed by atoms with Crippen LogP contribution in [-0.2, 0) is 4.79 Å². The van der Waals surface area contributed by atoms with Gasteiger partial charge in [-0.05, 0) is 55.3 Å². The monoisotopic (exact) mass is 220 g/mol. The van der Waals surface area contributed by atoms with Crippen LogP contribution >= 0.6 is 0 Å². The number of hydrogen-bond acceptors (Lipinski definition) is 1. The van der Waals surface area contributed by atoms with E-state index in [0.717, 1.165) is 24.2 Å². The van der Waals surface area contributed by atoms with E-state index in [1.54, 1.807) is 0 Å². The third kappa shape index (κ3) is 1.63. The SMILES string of the molecule is C[C@@H]1CC(=O)[C@H]([C@@H]2C[C@@H]3CC[C@@H]2C3)[C@@H](C)C1. The van der Waals surface area contributed by atoms with E-state index >= 15 is 0 Å². The van der Waals surface area contributed by atoms with Crippen molar-refractivity contribution in [2.45, 2.75) is 52.4 Å². The van der Waals surface area contributed by atoms with E-state index in [4.69, 9.17) is 0 Å². The molecule has 1 nitrogen and oxygen atoms in total. The molecule has 0 amide bonds. The van der Waals surface area contributed by atoms with Crippen LogP contribution in [0, 0.1) is 35.5 Å². The summed E-state index contributed by atoms with van der Waals surface area (Å²) in [6.07, 6.45) is 7.83. The summed E-state index contributed by atoms with van der Waals surface area (Å²) in [6.45, 7) is 4.57. The van der Waals surface area contributed by atoms with E-state index in [0.29, 0.717) is 23.5 Å². The van der Waals surface area contributed by atoms with Gasteiger partial charge in [0.25, 0.3) is 0 Å². The first-order valence-corrected chi connectivity index (χ1v) is 7.18. The molecule has 0 aromatic heterocycles. The number of carbonyl (C=O) groups is 1. The Hall–Kier alpha value is -0.330. The van der Waals surface area contributed by atoms with Gasteiger partial charge in [0.1, 0.15) is 5.78 Å². The molecule has 3 aliphatic carbocycles. The topological polar surface area (TPSA) is 17.1 Å². The fraction of sp³-hybridized carbons (Fsp3) is 0.933. The molecule has 1 heteroatoms. The summed E-state index contributed by atoms with van der Waals surface area (Å²) < 4.78 is 0. The summed E-state index contributed by atoms with van der Waals surface area (Å²) in [5, 5.41) is 0. The first-order valence-electron chi connectivity index (χ1n) is 7.18. The lowest BCUT2D eigenvalue weighted by atomic mass is 9.65. The van der Waals surface area contributed by atoms with Gasteiger partial charge in [0.15, 0.2) is 0 Å². The second kappa shape index (κ2) is 3.85. The Balaban J connectivity index is 1.76. The van der Waals surface area contributed by atoms with E-state index in [-0.39, 0.29) is 0 Å². The maximum Gasteiger partial charge on any atom is 0.136 e. The zero-order valence-electron chi connectivity index (χ0n) is 10.6. The molecule has 0 heterocycles. The average Bonchev–Trinajstić information content (AvgIpc) is 2.77. The molecule has 3 fully saturated rings. The minimum absolute atomic E-state index is 0.437. The fourth-order valence-corrected chi connectivity index (χ4v) is 5.06. The van der Waals surface area contributed by atoms with Crippen LogP contribution in [0.5, 0.6) is 0 Å². The lowest BCUT2D eigenvalue weighted by Gasteiger charge is -2.38. The maximum absolute atomic E-state index is 12.3. The largest absolute Gasteiger partial charge is 0.299 e. The van der Waals surface area contributed by atoms with Crippen molar-refractivity contribution in [1.29, 1.82) is 0 Å². The van der Waals surface area contributed by atoms with Crippen molar-refractivity contribution in [2.24, 2.45) is 35.5 Å². The Morgan fingerprint density at radius 1 is 1.06 bits per heavy atom. The molecule has 2 bridgehead atoms. The lowest BCUT2D eigenvalue weighted by Crippen LogP contribution is -2.38. The van der Waals surface area contributed by atoms with Crippen LogP contribution in [0.15, 0.2) is 0 Å². The first-order chi connectivity index (χ1) is 7.65. The van der Waals surface area contributed by atoms with E-state index < -0.39 is 0 Å². The zero-order chi connectivity index (χ0) is 11.3. The number of fused-ring (bicyclic) bond motifs is 2. The van der Waals surface area contributed by atoms with Crippen molar-refractivity contribution in [3.05, 3.63) is 0 Å². The molecule has 16 heavy (non-hydrogen) atoms. The standard InChI is InChI=1S/C15H24O/c1-9-5-10(2)15(14(16)6-9)13-8-11-3-4-12(13)7-11/h9-13,15H,3-8H2,1-2H3/t9-,10-,11+,12+,13+,15-/m0/s1. The highest BCUT2D eigenvalue weighted by Gasteiger charge is 2.47. The molecule has 3 saturated carbocycles. The van der Waals surface area contributed by atoms with Crippen molar-refractivity contribution in [2.75, 3.05) is 0 Å². The second-order valence-corrected chi connectivity index (χ2v) is 6.85. The third-order valence-electron chi connectivity index (χ3n) is 5.56. The number of ketones is 1. The number of rotatable bonds is 1. The summed E-state index contributed by atoms with van der Waals surface area (Å²) in [5.41, 5.74) is 0. The highest BCUT2D eigenvalue weighted by molar-refractivity contribution is 5.82. The molecule has 3 rings (SSSR count). The summed E-state index contributed by atoms with van der Waals surface area (Å²) in [4.78, 5) is 12.3. The van der Waals surface area contributed by atoms with Crippen LogP contribution in [0.2, 0.25) is 0 Å². The molecular formula is C15H24O. The zero-order valence-corrected chi connectivity index (χ0v) is 10.6. The summed E-state index contributed by atoms with van der Waals surface area (Å²) in [7, 11) is 0. The lowest BCUT2D eigenvalue weighted by molar-refractivity contribution is -0.131. The molecule has 0 radical (unpaired) electrons. The maximum atomic E-state index is 12.3. The van der Waals surface area contributed by atoms with Crippen LogP contribution in [-0.4, -0.2) is 5.78 Å². The highest BCUT2D eigenvalue weighted by atomic mass is 16.1. The van der Waals surface area contributed by atoms with Gasteiger partial charge in [-0.15, -0.1) is 0 Å². The second-order valence-electron chi connectivity index (χ2n) is 6.85. The number of hydrogen-bond donors (Lipinski definition) is 0. The van der Waals surface area contributed by atoms with Crippen LogP contribution in [0.4, 0.5) is 0 Å². The smallest absolute Gasteiger partial charge is 0.136 e. The predicted octanol–water partition coefficient (Wildman–Crippen LogP) is 3.67.